The molecular weight excluding hydrogens is 234 g/mol. The van der Waals surface area contributed by atoms with Crippen LogP contribution in [-0.2, 0) is 0 Å². The summed E-state index contributed by atoms with van der Waals surface area (Å²) in [5.41, 5.74) is 3.57. The summed E-state index contributed by atoms with van der Waals surface area (Å²) in [5.74, 6) is 1.19. The molecule has 1 aromatic heterocycles. The highest BCUT2D eigenvalue weighted by Gasteiger charge is 2.06. The van der Waals surface area contributed by atoms with Gasteiger partial charge in [0.15, 0.2) is 0 Å². The summed E-state index contributed by atoms with van der Waals surface area (Å²) < 4.78 is 0. The third-order valence-electron chi connectivity index (χ3n) is 3.34. The molecule has 1 aromatic carbocycles. The van der Waals surface area contributed by atoms with Gasteiger partial charge >= 0.3 is 0 Å². The highest BCUT2D eigenvalue weighted by Crippen LogP contribution is 2.23. The van der Waals surface area contributed by atoms with E-state index in [9.17, 15) is 0 Å². The van der Waals surface area contributed by atoms with Crippen molar-refractivity contribution in [2.45, 2.75) is 33.1 Å². The highest BCUT2D eigenvalue weighted by atomic mass is 14.9. The van der Waals surface area contributed by atoms with E-state index in [0.717, 1.165) is 17.7 Å². The maximum atomic E-state index is 8.94. The monoisotopic (exact) mass is 251 g/mol. The molecule has 96 valence electrons. The molecule has 0 amide bonds. The Kier molecular flexibility index (Phi) is 3.91. The van der Waals surface area contributed by atoms with E-state index in [1.807, 2.05) is 0 Å². The maximum absolute atomic E-state index is 8.94. The number of benzene rings is 1. The first-order chi connectivity index (χ1) is 9.13. The minimum absolute atomic E-state index is 0.411. The van der Waals surface area contributed by atoms with Crippen molar-refractivity contribution in [3.8, 4) is 17.3 Å². The van der Waals surface area contributed by atoms with Crippen molar-refractivity contribution >= 4 is 0 Å². The molecule has 19 heavy (non-hydrogen) atoms. The first kappa shape index (κ1) is 13.2. The standard InChI is InChI=1S/C16H17N3/c1-4-11(2)13-5-7-14(8-6-13)16-9-15(10-17)18-12(3)19-16/h5-9,11H,4H2,1-3H3. The average Bonchev–Trinajstić information content (AvgIpc) is 2.46. The van der Waals surface area contributed by atoms with Crippen LogP contribution >= 0.6 is 0 Å². The number of nitrogens with zero attached hydrogens (tertiary/aromatic N) is 3. The summed E-state index contributed by atoms with van der Waals surface area (Å²) in [7, 11) is 0. The SMILES string of the molecule is CCC(C)c1ccc(-c2cc(C#N)nc(C)n2)cc1. The topological polar surface area (TPSA) is 49.6 Å². The zero-order chi connectivity index (χ0) is 13.8. The second-order valence-corrected chi connectivity index (χ2v) is 4.73. The lowest BCUT2D eigenvalue weighted by atomic mass is 9.97. The normalized spacial score (nSPS) is 11.9. The van der Waals surface area contributed by atoms with Gasteiger partial charge in [-0.3, -0.25) is 0 Å². The largest absolute Gasteiger partial charge is 0.233 e. The van der Waals surface area contributed by atoms with Gasteiger partial charge in [-0.05, 0) is 24.8 Å². The van der Waals surface area contributed by atoms with Gasteiger partial charge in [-0.1, -0.05) is 38.1 Å². The van der Waals surface area contributed by atoms with Crippen molar-refractivity contribution in [1.29, 1.82) is 5.26 Å². The Morgan fingerprint density at radius 2 is 1.89 bits per heavy atom. The molecule has 3 heteroatoms. The van der Waals surface area contributed by atoms with Crippen LogP contribution in [0.25, 0.3) is 11.3 Å². The first-order valence-electron chi connectivity index (χ1n) is 6.50. The van der Waals surface area contributed by atoms with Gasteiger partial charge in [-0.15, -0.1) is 0 Å². The molecule has 0 spiro atoms. The number of hydrogen-bond donors (Lipinski definition) is 0. The van der Waals surface area contributed by atoms with Gasteiger partial charge < -0.3 is 0 Å². The molecule has 1 unspecified atom stereocenters. The zero-order valence-corrected chi connectivity index (χ0v) is 11.5. The van der Waals surface area contributed by atoms with Crippen molar-refractivity contribution in [2.75, 3.05) is 0 Å². The van der Waals surface area contributed by atoms with Crippen LogP contribution in [0.3, 0.4) is 0 Å². The Labute approximate surface area is 114 Å². The van der Waals surface area contributed by atoms with Gasteiger partial charge in [0.05, 0.1) is 5.69 Å². The number of nitriles is 1. The fourth-order valence-electron chi connectivity index (χ4n) is 1.99. The first-order valence-corrected chi connectivity index (χ1v) is 6.50. The Morgan fingerprint density at radius 1 is 1.21 bits per heavy atom. The van der Waals surface area contributed by atoms with E-state index in [1.165, 1.54) is 5.56 Å². The Hall–Kier alpha value is -2.21. The van der Waals surface area contributed by atoms with Crippen LogP contribution in [0.2, 0.25) is 0 Å². The molecule has 0 N–H and O–H groups in total. The minimum atomic E-state index is 0.411. The van der Waals surface area contributed by atoms with E-state index < -0.39 is 0 Å². The van der Waals surface area contributed by atoms with Gasteiger partial charge in [-0.25, -0.2) is 9.97 Å². The van der Waals surface area contributed by atoms with Crippen LogP contribution < -0.4 is 0 Å². The number of aromatic nitrogens is 2. The molecule has 0 aliphatic carbocycles. The smallest absolute Gasteiger partial charge is 0.144 e. The van der Waals surface area contributed by atoms with Crippen molar-refractivity contribution in [1.82, 2.24) is 9.97 Å². The van der Waals surface area contributed by atoms with Crippen molar-refractivity contribution in [3.05, 3.63) is 47.4 Å². The molecule has 1 atom stereocenters. The van der Waals surface area contributed by atoms with Crippen LogP contribution in [0.4, 0.5) is 0 Å². The zero-order valence-electron chi connectivity index (χ0n) is 11.5. The van der Waals surface area contributed by atoms with Gasteiger partial charge in [-0.2, -0.15) is 5.26 Å². The lowest BCUT2D eigenvalue weighted by Crippen LogP contribution is -1.95. The van der Waals surface area contributed by atoms with Crippen LogP contribution in [0, 0.1) is 18.3 Å². The van der Waals surface area contributed by atoms with Gasteiger partial charge in [0.2, 0.25) is 0 Å². The Bertz CT molecular complexity index is 609. The molecule has 0 fully saturated rings. The molecular formula is C16H17N3. The van der Waals surface area contributed by atoms with E-state index >= 15 is 0 Å². The lowest BCUT2D eigenvalue weighted by Gasteiger charge is -2.09. The Morgan fingerprint density at radius 3 is 2.47 bits per heavy atom. The molecule has 2 rings (SSSR count). The third kappa shape index (κ3) is 2.97. The molecule has 0 bridgehead atoms. The molecule has 2 aromatic rings. The van der Waals surface area contributed by atoms with E-state index in [1.54, 1.807) is 13.0 Å². The van der Waals surface area contributed by atoms with E-state index in [0.29, 0.717) is 17.4 Å². The summed E-state index contributed by atoms with van der Waals surface area (Å²) in [6, 6.07) is 12.2. The van der Waals surface area contributed by atoms with Gasteiger partial charge in [0, 0.05) is 11.6 Å². The Balaban J connectivity index is 2.37. The number of hydrogen-bond acceptors (Lipinski definition) is 3. The van der Waals surface area contributed by atoms with Crippen LogP contribution in [0.1, 0.15) is 43.3 Å². The molecule has 0 saturated heterocycles. The molecule has 0 aliphatic heterocycles. The number of aryl methyl sites for hydroxylation is 1. The second kappa shape index (κ2) is 5.62. The number of rotatable bonds is 3. The van der Waals surface area contributed by atoms with E-state index in [-0.39, 0.29) is 0 Å². The highest BCUT2D eigenvalue weighted by molar-refractivity contribution is 5.60. The summed E-state index contributed by atoms with van der Waals surface area (Å²) in [6.45, 7) is 6.21. The summed E-state index contributed by atoms with van der Waals surface area (Å²) in [4.78, 5) is 8.45. The fraction of sp³-hybridized carbons (Fsp3) is 0.312. The van der Waals surface area contributed by atoms with Gasteiger partial charge in [0.25, 0.3) is 0 Å². The van der Waals surface area contributed by atoms with E-state index in [2.05, 4.69) is 54.2 Å². The predicted octanol–water partition coefficient (Wildman–Crippen LogP) is 3.84. The summed E-state index contributed by atoms with van der Waals surface area (Å²) in [5, 5.41) is 8.94. The minimum Gasteiger partial charge on any atom is -0.233 e. The lowest BCUT2D eigenvalue weighted by molar-refractivity contribution is 0.734. The second-order valence-electron chi connectivity index (χ2n) is 4.73. The maximum Gasteiger partial charge on any atom is 0.144 e. The third-order valence-corrected chi connectivity index (χ3v) is 3.34. The van der Waals surface area contributed by atoms with E-state index in [4.69, 9.17) is 5.26 Å². The molecule has 0 saturated carbocycles. The van der Waals surface area contributed by atoms with Gasteiger partial charge in [0.1, 0.15) is 17.6 Å². The molecule has 3 nitrogen and oxygen atoms in total. The van der Waals surface area contributed by atoms with Crippen molar-refractivity contribution in [3.63, 3.8) is 0 Å². The fourth-order valence-corrected chi connectivity index (χ4v) is 1.99. The summed E-state index contributed by atoms with van der Waals surface area (Å²) in [6.07, 6.45) is 1.13. The summed E-state index contributed by atoms with van der Waals surface area (Å²) >= 11 is 0. The molecule has 1 heterocycles. The van der Waals surface area contributed by atoms with Crippen LogP contribution in [0.15, 0.2) is 30.3 Å². The van der Waals surface area contributed by atoms with Crippen LogP contribution in [-0.4, -0.2) is 9.97 Å². The molecule has 0 radical (unpaired) electrons. The average molecular weight is 251 g/mol. The predicted molar refractivity (Wildman–Crippen MR) is 75.6 cm³/mol. The quantitative estimate of drug-likeness (QED) is 0.832. The van der Waals surface area contributed by atoms with Crippen molar-refractivity contribution < 1.29 is 0 Å². The van der Waals surface area contributed by atoms with Crippen LogP contribution in [0.5, 0.6) is 0 Å². The van der Waals surface area contributed by atoms with Crippen molar-refractivity contribution in [2.24, 2.45) is 0 Å². The molecule has 0 aliphatic rings.